The van der Waals surface area contributed by atoms with Crippen molar-refractivity contribution < 1.29 is 4.79 Å². The second kappa shape index (κ2) is 5.78. The second-order valence-electron chi connectivity index (χ2n) is 5.24. The Labute approximate surface area is 107 Å². The van der Waals surface area contributed by atoms with Gasteiger partial charge in [-0.1, -0.05) is 19.9 Å². The predicted octanol–water partition coefficient (Wildman–Crippen LogP) is 4.39. The summed E-state index contributed by atoms with van der Waals surface area (Å²) in [7, 11) is 0.411. The molecular weight excluding hydrogens is 227 g/mol. The average molecular weight is 250 g/mol. The molecule has 0 bridgehead atoms. The molecular formula is C15H23OP. The van der Waals surface area contributed by atoms with Gasteiger partial charge < -0.3 is 0 Å². The summed E-state index contributed by atoms with van der Waals surface area (Å²) >= 11 is 0. The van der Waals surface area contributed by atoms with Gasteiger partial charge in [0, 0.05) is 5.56 Å². The number of aryl methyl sites for hydroxylation is 2. The van der Waals surface area contributed by atoms with Crippen molar-refractivity contribution in [2.75, 3.05) is 6.16 Å². The van der Waals surface area contributed by atoms with E-state index >= 15 is 0 Å². The highest BCUT2D eigenvalue weighted by Crippen LogP contribution is 2.29. The van der Waals surface area contributed by atoms with Gasteiger partial charge in [-0.3, -0.25) is 4.79 Å². The maximum atomic E-state index is 12.3. The molecule has 0 heterocycles. The molecule has 1 nitrogen and oxygen atoms in total. The summed E-state index contributed by atoms with van der Waals surface area (Å²) in [4.78, 5) is 12.3. The third-order valence-electron chi connectivity index (χ3n) is 3.25. The van der Waals surface area contributed by atoms with Gasteiger partial charge in [0.15, 0.2) is 5.52 Å². The van der Waals surface area contributed by atoms with Gasteiger partial charge in [0.25, 0.3) is 0 Å². The van der Waals surface area contributed by atoms with Crippen LogP contribution in [0, 0.1) is 33.6 Å². The van der Waals surface area contributed by atoms with Gasteiger partial charge in [0.05, 0.1) is 0 Å². The fourth-order valence-electron chi connectivity index (χ4n) is 2.02. The van der Waals surface area contributed by atoms with E-state index in [4.69, 9.17) is 0 Å². The molecule has 94 valence electrons. The van der Waals surface area contributed by atoms with Crippen molar-refractivity contribution in [3.8, 4) is 0 Å². The van der Waals surface area contributed by atoms with Crippen molar-refractivity contribution >= 4 is 14.1 Å². The van der Waals surface area contributed by atoms with Gasteiger partial charge in [-0.2, -0.15) is 0 Å². The van der Waals surface area contributed by atoms with Crippen molar-refractivity contribution in [2.24, 2.45) is 5.92 Å². The van der Waals surface area contributed by atoms with Crippen LogP contribution in [0.25, 0.3) is 0 Å². The minimum absolute atomic E-state index is 0.330. The van der Waals surface area contributed by atoms with Gasteiger partial charge >= 0.3 is 0 Å². The lowest BCUT2D eigenvalue weighted by Crippen LogP contribution is -2.04. The van der Waals surface area contributed by atoms with Crippen LogP contribution in [0.15, 0.2) is 6.07 Å². The highest BCUT2D eigenvalue weighted by Gasteiger charge is 2.15. The van der Waals surface area contributed by atoms with E-state index in [0.717, 1.165) is 17.3 Å². The lowest BCUT2D eigenvalue weighted by molar-refractivity contribution is 0.108. The van der Waals surface area contributed by atoms with Gasteiger partial charge in [-0.25, -0.2) is 0 Å². The smallest absolute Gasteiger partial charge is 0.181 e. The zero-order valence-corrected chi connectivity index (χ0v) is 12.8. The van der Waals surface area contributed by atoms with E-state index in [0.29, 0.717) is 20.0 Å². The lowest BCUT2D eigenvalue weighted by atomic mass is 9.95. The van der Waals surface area contributed by atoms with Crippen LogP contribution >= 0.6 is 8.58 Å². The number of carbonyl (C=O) groups is 1. The SMILES string of the molecule is Cc1cc(C)c(C(=O)PCC(C)C)c(C)c1C. The number of benzene rings is 1. The highest BCUT2D eigenvalue weighted by atomic mass is 31.1. The topological polar surface area (TPSA) is 17.1 Å². The normalized spacial score (nSPS) is 11.7. The molecule has 0 amide bonds. The molecule has 0 fully saturated rings. The Balaban J connectivity index is 3.06. The Morgan fingerprint density at radius 1 is 1.12 bits per heavy atom. The summed E-state index contributed by atoms with van der Waals surface area (Å²) in [6, 6.07) is 2.13. The Morgan fingerprint density at radius 2 is 1.71 bits per heavy atom. The summed E-state index contributed by atoms with van der Waals surface area (Å²) in [5.41, 5.74) is 6.14. The Bertz CT molecular complexity index is 433. The van der Waals surface area contributed by atoms with Crippen LogP contribution in [0.1, 0.15) is 46.5 Å². The van der Waals surface area contributed by atoms with Gasteiger partial charge in [-0.15, -0.1) is 0 Å². The molecule has 1 rings (SSSR count). The third kappa shape index (κ3) is 3.39. The van der Waals surface area contributed by atoms with Crippen LogP contribution in [0.5, 0.6) is 0 Å². The molecule has 17 heavy (non-hydrogen) atoms. The molecule has 1 unspecified atom stereocenters. The van der Waals surface area contributed by atoms with Crippen molar-refractivity contribution in [1.82, 2.24) is 0 Å². The standard InChI is InChI=1S/C15H23OP/c1-9(2)8-17-15(16)14-11(4)7-10(3)12(5)13(14)6/h7,9,17H,8H2,1-6H3. The number of hydrogen-bond acceptors (Lipinski definition) is 1. The fourth-order valence-corrected chi connectivity index (χ4v) is 3.17. The van der Waals surface area contributed by atoms with E-state index in [1.807, 2.05) is 6.92 Å². The van der Waals surface area contributed by atoms with Crippen LogP contribution in [-0.2, 0) is 0 Å². The second-order valence-corrected chi connectivity index (χ2v) is 6.46. The van der Waals surface area contributed by atoms with E-state index in [1.54, 1.807) is 0 Å². The van der Waals surface area contributed by atoms with Crippen molar-refractivity contribution in [3.63, 3.8) is 0 Å². The maximum Gasteiger partial charge on any atom is 0.181 e. The molecule has 0 radical (unpaired) electrons. The van der Waals surface area contributed by atoms with Crippen LogP contribution in [0.2, 0.25) is 0 Å². The van der Waals surface area contributed by atoms with E-state index < -0.39 is 0 Å². The molecule has 0 spiro atoms. The first-order valence-corrected chi connectivity index (χ1v) is 7.41. The molecule has 0 N–H and O–H groups in total. The molecule has 1 aromatic rings. The first-order chi connectivity index (χ1) is 7.84. The van der Waals surface area contributed by atoms with Crippen LogP contribution in [-0.4, -0.2) is 11.7 Å². The summed E-state index contributed by atoms with van der Waals surface area (Å²) in [6.07, 6.45) is 1.00. The summed E-state index contributed by atoms with van der Waals surface area (Å²) in [5.74, 6) is 0.601. The van der Waals surface area contributed by atoms with Crippen molar-refractivity contribution in [1.29, 1.82) is 0 Å². The third-order valence-corrected chi connectivity index (χ3v) is 4.85. The average Bonchev–Trinajstić information content (AvgIpc) is 2.23. The van der Waals surface area contributed by atoms with Crippen molar-refractivity contribution in [2.45, 2.75) is 41.5 Å². The maximum absolute atomic E-state index is 12.3. The van der Waals surface area contributed by atoms with Crippen LogP contribution in [0.3, 0.4) is 0 Å². The quantitative estimate of drug-likeness (QED) is 0.724. The molecule has 0 aliphatic carbocycles. The molecule has 1 atom stereocenters. The molecule has 2 heteroatoms. The Hall–Kier alpha value is -0.680. The van der Waals surface area contributed by atoms with Crippen molar-refractivity contribution in [3.05, 3.63) is 33.9 Å². The van der Waals surface area contributed by atoms with E-state index in [9.17, 15) is 4.79 Å². The Kier molecular flexibility index (Phi) is 4.89. The minimum Gasteiger partial charge on any atom is -0.289 e. The number of carbonyl (C=O) groups excluding carboxylic acids is 1. The minimum atomic E-state index is 0.330. The number of rotatable bonds is 4. The van der Waals surface area contributed by atoms with Gasteiger partial charge in [0.2, 0.25) is 0 Å². The lowest BCUT2D eigenvalue weighted by Gasteiger charge is -2.14. The van der Waals surface area contributed by atoms with Crippen LogP contribution < -0.4 is 0 Å². The zero-order valence-electron chi connectivity index (χ0n) is 11.8. The van der Waals surface area contributed by atoms with Gasteiger partial charge in [0.1, 0.15) is 0 Å². The summed E-state index contributed by atoms with van der Waals surface area (Å²) < 4.78 is 0. The monoisotopic (exact) mass is 250 g/mol. The molecule has 0 aliphatic rings. The highest BCUT2D eigenvalue weighted by molar-refractivity contribution is 7.58. The first-order valence-electron chi connectivity index (χ1n) is 6.20. The Morgan fingerprint density at radius 3 is 2.24 bits per heavy atom. The predicted molar refractivity (Wildman–Crippen MR) is 77.7 cm³/mol. The first kappa shape index (κ1) is 14.4. The van der Waals surface area contributed by atoms with E-state index in [2.05, 4.69) is 40.7 Å². The molecule has 1 aromatic carbocycles. The molecule has 0 aliphatic heterocycles. The van der Waals surface area contributed by atoms with E-state index in [1.165, 1.54) is 16.7 Å². The molecule has 0 saturated carbocycles. The van der Waals surface area contributed by atoms with E-state index in [-0.39, 0.29) is 0 Å². The van der Waals surface area contributed by atoms with Gasteiger partial charge in [-0.05, 0) is 70.6 Å². The fraction of sp³-hybridized carbons (Fsp3) is 0.533. The molecule has 0 saturated heterocycles. The number of hydrogen-bond donors (Lipinski definition) is 0. The largest absolute Gasteiger partial charge is 0.289 e. The zero-order chi connectivity index (χ0) is 13.2. The summed E-state index contributed by atoms with van der Waals surface area (Å²) in [6.45, 7) is 12.7. The summed E-state index contributed by atoms with van der Waals surface area (Å²) in [5, 5.41) is 0. The molecule has 0 aromatic heterocycles. The van der Waals surface area contributed by atoms with Crippen LogP contribution in [0.4, 0.5) is 0 Å².